The van der Waals surface area contributed by atoms with Crippen molar-refractivity contribution in [1.29, 1.82) is 0 Å². The molecule has 0 saturated carbocycles. The average molecular weight is 381 g/mol. The average Bonchev–Trinajstić information content (AvgIpc) is 2.61. The largest absolute Gasteiger partial charge is 0.444 e. The van der Waals surface area contributed by atoms with Crippen molar-refractivity contribution in [3.63, 3.8) is 0 Å². The van der Waals surface area contributed by atoms with E-state index in [1.165, 1.54) is 6.07 Å². The Morgan fingerprint density at radius 2 is 2.00 bits per heavy atom. The highest BCUT2D eigenvalue weighted by Crippen LogP contribution is 2.34. The number of hydrogen-bond donors (Lipinski definition) is 0. The molecule has 2 rings (SSSR count). The first-order chi connectivity index (χ1) is 12.8. The van der Waals surface area contributed by atoms with Crippen molar-refractivity contribution in [2.24, 2.45) is 0 Å². The van der Waals surface area contributed by atoms with Crippen molar-refractivity contribution < 1.29 is 23.4 Å². The Bertz CT molecular complexity index is 602. The molecule has 2 atom stereocenters. The van der Waals surface area contributed by atoms with Gasteiger partial charge in [-0.3, -0.25) is 0 Å². The molecule has 1 heterocycles. The maximum atomic E-state index is 14.5. The summed E-state index contributed by atoms with van der Waals surface area (Å²) in [6, 6.07) is 6.37. The zero-order valence-corrected chi connectivity index (χ0v) is 16.9. The van der Waals surface area contributed by atoms with Crippen LogP contribution >= 0.6 is 0 Å². The van der Waals surface area contributed by atoms with E-state index in [0.29, 0.717) is 31.7 Å². The molecular weight excluding hydrogens is 349 g/mol. The second-order valence-corrected chi connectivity index (χ2v) is 7.90. The van der Waals surface area contributed by atoms with Gasteiger partial charge in [0.05, 0.1) is 6.04 Å². The fourth-order valence-electron chi connectivity index (χ4n) is 3.35. The quantitative estimate of drug-likeness (QED) is 0.642. The summed E-state index contributed by atoms with van der Waals surface area (Å²) in [5.74, 6) is -0.316. The van der Waals surface area contributed by atoms with Crippen LogP contribution in [0.4, 0.5) is 9.18 Å². The molecule has 27 heavy (non-hydrogen) atoms. The Labute approximate surface area is 161 Å². The summed E-state index contributed by atoms with van der Waals surface area (Å²) in [6.07, 6.45) is 2.44. The maximum Gasteiger partial charge on any atom is 0.410 e. The first-order valence-electron chi connectivity index (χ1n) is 9.68. The fourth-order valence-corrected chi connectivity index (χ4v) is 3.35. The molecule has 0 aromatic heterocycles. The normalized spacial score (nSPS) is 19.0. The molecule has 1 amide bonds. The zero-order chi connectivity index (χ0) is 19.9. The van der Waals surface area contributed by atoms with Crippen LogP contribution in [0.25, 0.3) is 0 Å². The summed E-state index contributed by atoms with van der Waals surface area (Å²) in [4.78, 5) is 14.5. The number of carbonyl (C=O) groups excluding carboxylic acids is 1. The molecule has 1 fully saturated rings. The minimum Gasteiger partial charge on any atom is -0.444 e. The van der Waals surface area contributed by atoms with Gasteiger partial charge in [0.2, 0.25) is 0 Å². The van der Waals surface area contributed by atoms with Crippen molar-refractivity contribution >= 4 is 6.09 Å². The van der Waals surface area contributed by atoms with Gasteiger partial charge in [0.25, 0.3) is 0 Å². The van der Waals surface area contributed by atoms with Gasteiger partial charge >= 0.3 is 6.09 Å². The van der Waals surface area contributed by atoms with Crippen molar-refractivity contribution in [2.45, 2.75) is 64.2 Å². The Hall–Kier alpha value is -1.66. The third kappa shape index (κ3) is 6.47. The van der Waals surface area contributed by atoms with E-state index in [2.05, 4.69) is 0 Å². The molecule has 0 spiro atoms. The highest BCUT2D eigenvalue weighted by molar-refractivity contribution is 5.68. The zero-order valence-electron chi connectivity index (χ0n) is 16.9. The summed E-state index contributed by atoms with van der Waals surface area (Å²) < 4.78 is 31.3. The summed E-state index contributed by atoms with van der Waals surface area (Å²) in [6.45, 7) is 7.14. The molecular formula is C21H32FNO4. The smallest absolute Gasteiger partial charge is 0.410 e. The number of carbonyl (C=O) groups is 1. The van der Waals surface area contributed by atoms with Gasteiger partial charge in [0.1, 0.15) is 17.5 Å². The lowest BCUT2D eigenvalue weighted by atomic mass is 9.92. The van der Waals surface area contributed by atoms with E-state index >= 15 is 0 Å². The highest BCUT2D eigenvalue weighted by atomic mass is 19.1. The standard InChI is InChI=1S/C21H32FNO4/c1-21(2,3)27-20(24)23-13-8-7-12-18(23)19(26-15-9-14-25-4)16-10-5-6-11-17(16)22/h5-6,10-11,18-19H,7-9,12-15H2,1-4H3. The van der Waals surface area contributed by atoms with E-state index in [4.69, 9.17) is 14.2 Å². The van der Waals surface area contributed by atoms with Gasteiger partial charge in [-0.2, -0.15) is 0 Å². The number of ether oxygens (including phenoxy) is 3. The fraction of sp³-hybridized carbons (Fsp3) is 0.667. The lowest BCUT2D eigenvalue weighted by Crippen LogP contribution is -2.49. The molecule has 6 heteroatoms. The molecule has 1 aromatic carbocycles. The lowest BCUT2D eigenvalue weighted by molar-refractivity contribution is -0.0478. The van der Waals surface area contributed by atoms with Gasteiger partial charge in [-0.25, -0.2) is 9.18 Å². The topological polar surface area (TPSA) is 48.0 Å². The molecule has 0 aliphatic carbocycles. The second kappa shape index (κ2) is 10.0. The third-order valence-corrected chi connectivity index (χ3v) is 4.53. The van der Waals surface area contributed by atoms with Crippen LogP contribution in [-0.2, 0) is 14.2 Å². The van der Waals surface area contributed by atoms with Crippen LogP contribution in [0.3, 0.4) is 0 Å². The maximum absolute atomic E-state index is 14.5. The number of halogens is 1. The molecule has 1 saturated heterocycles. The minimum atomic E-state index is -0.577. The molecule has 0 N–H and O–H groups in total. The van der Waals surface area contributed by atoms with Crippen molar-refractivity contribution in [1.82, 2.24) is 4.90 Å². The van der Waals surface area contributed by atoms with Gasteiger partial charge in [-0.05, 0) is 52.5 Å². The number of benzene rings is 1. The Morgan fingerprint density at radius 3 is 2.67 bits per heavy atom. The molecule has 1 aromatic rings. The van der Waals surface area contributed by atoms with E-state index in [9.17, 15) is 9.18 Å². The number of nitrogens with zero attached hydrogens (tertiary/aromatic N) is 1. The Balaban J connectivity index is 2.24. The van der Waals surface area contributed by atoms with E-state index < -0.39 is 11.7 Å². The summed E-state index contributed by atoms with van der Waals surface area (Å²) in [7, 11) is 1.64. The number of rotatable bonds is 7. The molecule has 2 unspecified atom stereocenters. The van der Waals surface area contributed by atoms with Crippen LogP contribution in [0.2, 0.25) is 0 Å². The summed E-state index contributed by atoms with van der Waals surface area (Å²) >= 11 is 0. The predicted octanol–water partition coefficient (Wildman–Crippen LogP) is 4.71. The van der Waals surface area contributed by atoms with Crippen LogP contribution in [0, 0.1) is 5.82 Å². The van der Waals surface area contributed by atoms with Gasteiger partial charge in [-0.1, -0.05) is 18.2 Å². The molecule has 1 aliphatic heterocycles. The number of amides is 1. The number of methoxy groups -OCH3 is 1. The molecule has 5 nitrogen and oxygen atoms in total. The third-order valence-electron chi connectivity index (χ3n) is 4.53. The highest BCUT2D eigenvalue weighted by Gasteiger charge is 2.37. The summed E-state index contributed by atoms with van der Waals surface area (Å²) in [5.41, 5.74) is -0.0957. The van der Waals surface area contributed by atoms with Crippen LogP contribution in [-0.4, -0.2) is 49.5 Å². The van der Waals surface area contributed by atoms with Gasteiger partial charge in [0.15, 0.2) is 0 Å². The van der Waals surface area contributed by atoms with Crippen LogP contribution in [0.5, 0.6) is 0 Å². The minimum absolute atomic E-state index is 0.256. The van der Waals surface area contributed by atoms with E-state index in [0.717, 1.165) is 19.3 Å². The van der Waals surface area contributed by atoms with E-state index in [1.54, 1.807) is 30.2 Å². The van der Waals surface area contributed by atoms with Crippen molar-refractivity contribution in [2.75, 3.05) is 26.9 Å². The van der Waals surface area contributed by atoms with Crippen molar-refractivity contribution in [3.05, 3.63) is 35.6 Å². The predicted molar refractivity (Wildman–Crippen MR) is 102 cm³/mol. The van der Waals surface area contributed by atoms with Crippen LogP contribution < -0.4 is 0 Å². The lowest BCUT2D eigenvalue weighted by Gasteiger charge is -2.40. The molecule has 1 aliphatic rings. The molecule has 152 valence electrons. The number of hydrogen-bond acceptors (Lipinski definition) is 4. The van der Waals surface area contributed by atoms with E-state index in [1.807, 2.05) is 20.8 Å². The van der Waals surface area contributed by atoms with Crippen LogP contribution in [0.15, 0.2) is 24.3 Å². The first-order valence-corrected chi connectivity index (χ1v) is 9.68. The van der Waals surface area contributed by atoms with Gasteiger partial charge in [0, 0.05) is 32.4 Å². The molecule has 0 bridgehead atoms. The van der Waals surface area contributed by atoms with Gasteiger partial charge in [-0.15, -0.1) is 0 Å². The summed E-state index contributed by atoms with van der Waals surface area (Å²) in [5, 5.41) is 0. The number of piperidine rings is 1. The second-order valence-electron chi connectivity index (χ2n) is 7.90. The van der Waals surface area contributed by atoms with E-state index in [-0.39, 0.29) is 18.0 Å². The Kier molecular flexibility index (Phi) is 8.05. The van der Waals surface area contributed by atoms with Crippen molar-refractivity contribution in [3.8, 4) is 0 Å². The molecule has 0 radical (unpaired) electrons. The SMILES string of the molecule is COCCCOC(c1ccccc1F)C1CCCCN1C(=O)OC(C)(C)C. The van der Waals surface area contributed by atoms with Gasteiger partial charge < -0.3 is 19.1 Å². The first kappa shape index (κ1) is 21.6. The van der Waals surface area contributed by atoms with Crippen LogP contribution in [0.1, 0.15) is 58.1 Å². The monoisotopic (exact) mass is 381 g/mol. The number of likely N-dealkylation sites (tertiary alicyclic amines) is 1. The Morgan fingerprint density at radius 1 is 1.26 bits per heavy atom.